The molecule has 0 amide bonds. The van der Waals surface area contributed by atoms with Crippen LogP contribution in [0.5, 0.6) is 11.5 Å². The molecule has 0 bridgehead atoms. The van der Waals surface area contributed by atoms with Crippen LogP contribution in [0, 0.1) is 29.1 Å². The monoisotopic (exact) mass is 448 g/mol. The van der Waals surface area contributed by atoms with Crippen molar-refractivity contribution in [3.05, 3.63) is 88.7 Å². The number of hydrogen-bond acceptors (Lipinski definition) is 3. The lowest BCUT2D eigenvalue weighted by molar-refractivity contribution is 0.295. The molecule has 3 aromatic rings. The highest BCUT2D eigenvalue weighted by atomic mass is 19.2. The van der Waals surface area contributed by atoms with Crippen molar-refractivity contribution in [3.63, 3.8) is 0 Å². The molecule has 32 heavy (non-hydrogen) atoms. The molecule has 0 spiro atoms. The van der Waals surface area contributed by atoms with E-state index in [9.17, 15) is 22.0 Å². The predicted octanol–water partition coefficient (Wildman–Crippen LogP) is 5.62. The summed E-state index contributed by atoms with van der Waals surface area (Å²) in [6.45, 7) is 1.35. The molecule has 0 atom stereocenters. The van der Waals surface area contributed by atoms with Crippen molar-refractivity contribution < 1.29 is 26.7 Å². The molecule has 8 heteroatoms. The Morgan fingerprint density at radius 2 is 1.41 bits per heavy atom. The molecule has 1 heterocycles. The smallest absolute Gasteiger partial charge is 0.168 e. The summed E-state index contributed by atoms with van der Waals surface area (Å²) in [5.74, 6) is -5.16. The molecule has 3 N–H and O–H groups in total. The Kier molecular flexibility index (Phi) is 6.06. The highest BCUT2D eigenvalue weighted by molar-refractivity contribution is 5.47. The Morgan fingerprint density at radius 3 is 2.09 bits per heavy atom. The van der Waals surface area contributed by atoms with Gasteiger partial charge in [-0.25, -0.2) is 22.0 Å². The minimum Gasteiger partial charge on any atom is -0.454 e. The van der Waals surface area contributed by atoms with Gasteiger partial charge < -0.3 is 15.8 Å². The topological polar surface area (TPSA) is 47.3 Å². The third-order valence-corrected chi connectivity index (χ3v) is 5.89. The zero-order chi connectivity index (χ0) is 22.9. The standard InChI is InChI=1S/C24H21F5N2O/c25-17-10-20(28)22(30)9-16(17)24(5-7-31-8-6-24)13-14-1-3-15(4-2-14)32-23-12-19(27)18(26)11-21(23)29/h1-4,9-12,31H,5-8,13,30H2. The van der Waals surface area contributed by atoms with E-state index in [4.69, 9.17) is 10.5 Å². The average Bonchev–Trinajstić information content (AvgIpc) is 2.76. The van der Waals surface area contributed by atoms with Gasteiger partial charge in [0, 0.05) is 23.6 Å². The summed E-state index contributed by atoms with van der Waals surface area (Å²) >= 11 is 0. The van der Waals surface area contributed by atoms with Crippen LogP contribution >= 0.6 is 0 Å². The van der Waals surface area contributed by atoms with Crippen molar-refractivity contribution in [1.29, 1.82) is 0 Å². The number of ether oxygens (including phenoxy) is 1. The maximum Gasteiger partial charge on any atom is 0.168 e. The summed E-state index contributed by atoms with van der Waals surface area (Å²) in [4.78, 5) is 0. The van der Waals surface area contributed by atoms with Crippen molar-refractivity contribution in [3.8, 4) is 11.5 Å². The van der Waals surface area contributed by atoms with Crippen LogP contribution in [0.25, 0.3) is 0 Å². The first kappa shape index (κ1) is 22.1. The number of nitrogen functional groups attached to an aromatic ring is 1. The Balaban J connectivity index is 1.59. The van der Waals surface area contributed by atoms with Crippen LogP contribution in [-0.2, 0) is 11.8 Å². The molecule has 1 aliphatic rings. The highest BCUT2D eigenvalue weighted by Crippen LogP contribution is 2.40. The van der Waals surface area contributed by atoms with Gasteiger partial charge in [-0.2, -0.15) is 0 Å². The summed E-state index contributed by atoms with van der Waals surface area (Å²) in [7, 11) is 0. The lowest BCUT2D eigenvalue weighted by atomic mass is 9.69. The summed E-state index contributed by atoms with van der Waals surface area (Å²) in [5.41, 5.74) is 6.27. The molecule has 0 radical (unpaired) electrons. The molecule has 0 unspecified atom stereocenters. The molecule has 0 saturated carbocycles. The van der Waals surface area contributed by atoms with Gasteiger partial charge in [0.15, 0.2) is 23.2 Å². The van der Waals surface area contributed by atoms with E-state index in [1.165, 1.54) is 6.07 Å². The van der Waals surface area contributed by atoms with Crippen molar-refractivity contribution in [1.82, 2.24) is 5.32 Å². The van der Waals surface area contributed by atoms with Gasteiger partial charge in [0.25, 0.3) is 0 Å². The molecule has 1 fully saturated rings. The third kappa shape index (κ3) is 4.41. The van der Waals surface area contributed by atoms with E-state index in [0.717, 1.165) is 11.6 Å². The first-order chi connectivity index (χ1) is 15.3. The molecule has 3 aromatic carbocycles. The summed E-state index contributed by atoms with van der Waals surface area (Å²) in [6.07, 6.45) is 1.73. The van der Waals surface area contributed by atoms with Crippen LogP contribution in [0.3, 0.4) is 0 Å². The van der Waals surface area contributed by atoms with Crippen molar-refractivity contribution in [2.45, 2.75) is 24.7 Å². The molecule has 4 rings (SSSR count). The fourth-order valence-electron chi connectivity index (χ4n) is 4.19. The fraction of sp³-hybridized carbons (Fsp3) is 0.250. The van der Waals surface area contributed by atoms with E-state index >= 15 is 0 Å². The normalized spacial score (nSPS) is 15.5. The largest absolute Gasteiger partial charge is 0.454 e. The van der Waals surface area contributed by atoms with Crippen molar-refractivity contribution >= 4 is 5.69 Å². The minimum absolute atomic E-state index is 0.100. The molecular formula is C24H21F5N2O. The molecular weight excluding hydrogens is 427 g/mol. The molecule has 0 aromatic heterocycles. The molecule has 0 aliphatic carbocycles. The average molecular weight is 448 g/mol. The van der Waals surface area contributed by atoms with Gasteiger partial charge in [0.05, 0.1) is 5.69 Å². The number of rotatable bonds is 5. The Morgan fingerprint density at radius 1 is 0.781 bits per heavy atom. The lowest BCUT2D eigenvalue weighted by Gasteiger charge is -2.39. The van der Waals surface area contributed by atoms with E-state index < -0.39 is 40.3 Å². The van der Waals surface area contributed by atoms with Crippen LogP contribution < -0.4 is 15.8 Å². The SMILES string of the molecule is Nc1cc(C2(Cc3ccc(Oc4cc(F)c(F)cc4F)cc3)CCNCC2)c(F)cc1F. The van der Waals surface area contributed by atoms with Crippen LogP contribution in [0.2, 0.25) is 0 Å². The van der Waals surface area contributed by atoms with Crippen LogP contribution in [0.1, 0.15) is 24.0 Å². The fourth-order valence-corrected chi connectivity index (χ4v) is 4.19. The minimum atomic E-state index is -1.30. The van der Waals surface area contributed by atoms with E-state index in [1.807, 2.05) is 0 Å². The number of anilines is 1. The number of benzene rings is 3. The third-order valence-electron chi connectivity index (χ3n) is 5.89. The maximum atomic E-state index is 14.7. The van der Waals surface area contributed by atoms with Crippen LogP contribution in [0.15, 0.2) is 48.5 Å². The number of hydrogen-bond donors (Lipinski definition) is 2. The maximum absolute atomic E-state index is 14.7. The first-order valence-electron chi connectivity index (χ1n) is 10.1. The second kappa shape index (κ2) is 8.78. The van der Waals surface area contributed by atoms with Crippen LogP contribution in [0.4, 0.5) is 27.6 Å². The molecule has 3 nitrogen and oxygen atoms in total. The van der Waals surface area contributed by atoms with Gasteiger partial charge in [-0.3, -0.25) is 0 Å². The summed E-state index contributed by atoms with van der Waals surface area (Å²) in [5, 5.41) is 3.25. The number of piperidine rings is 1. The van der Waals surface area contributed by atoms with Gasteiger partial charge in [-0.15, -0.1) is 0 Å². The van der Waals surface area contributed by atoms with Crippen molar-refractivity contribution in [2.24, 2.45) is 0 Å². The lowest BCUT2D eigenvalue weighted by Crippen LogP contribution is -2.42. The quantitative estimate of drug-likeness (QED) is 0.303. The zero-order valence-electron chi connectivity index (χ0n) is 17.0. The van der Waals surface area contributed by atoms with E-state index in [0.29, 0.717) is 50.0 Å². The van der Waals surface area contributed by atoms with E-state index in [2.05, 4.69) is 5.32 Å². The van der Waals surface area contributed by atoms with Gasteiger partial charge in [-0.05, 0) is 61.7 Å². The van der Waals surface area contributed by atoms with Gasteiger partial charge in [0.1, 0.15) is 17.4 Å². The molecule has 1 saturated heterocycles. The van der Waals surface area contributed by atoms with Crippen LogP contribution in [-0.4, -0.2) is 13.1 Å². The predicted molar refractivity (Wildman–Crippen MR) is 111 cm³/mol. The summed E-state index contributed by atoms with van der Waals surface area (Å²) < 4.78 is 74.1. The number of nitrogens with one attached hydrogen (secondary N) is 1. The number of halogens is 5. The zero-order valence-corrected chi connectivity index (χ0v) is 17.0. The van der Waals surface area contributed by atoms with Crippen molar-refractivity contribution in [2.75, 3.05) is 18.8 Å². The van der Waals surface area contributed by atoms with E-state index in [-0.39, 0.29) is 11.4 Å². The second-order valence-corrected chi connectivity index (χ2v) is 8.00. The van der Waals surface area contributed by atoms with E-state index in [1.54, 1.807) is 24.3 Å². The molecule has 168 valence electrons. The second-order valence-electron chi connectivity index (χ2n) is 8.00. The van der Waals surface area contributed by atoms with Gasteiger partial charge in [0.2, 0.25) is 0 Å². The Bertz CT molecular complexity index is 1130. The number of nitrogens with two attached hydrogens (primary N) is 1. The van der Waals surface area contributed by atoms with Gasteiger partial charge in [-0.1, -0.05) is 12.1 Å². The Labute approximate surface area is 182 Å². The Hall–Kier alpha value is -3.13. The first-order valence-corrected chi connectivity index (χ1v) is 10.1. The van der Waals surface area contributed by atoms with Gasteiger partial charge >= 0.3 is 0 Å². The summed E-state index contributed by atoms with van der Waals surface area (Å²) in [6, 6.07) is 9.87. The molecule has 1 aliphatic heterocycles. The highest BCUT2D eigenvalue weighted by Gasteiger charge is 2.37.